The number of hydrogen-bond donors (Lipinski definition) is 1. The zero-order chi connectivity index (χ0) is 13.7. The van der Waals surface area contributed by atoms with Gasteiger partial charge in [0, 0.05) is 27.7 Å². The van der Waals surface area contributed by atoms with Crippen molar-refractivity contribution in [1.29, 1.82) is 0 Å². The van der Waals surface area contributed by atoms with Gasteiger partial charge in [-0.2, -0.15) is 15.0 Å². The first-order valence-corrected chi connectivity index (χ1v) is 5.88. The van der Waals surface area contributed by atoms with Gasteiger partial charge in [0.1, 0.15) is 0 Å². The van der Waals surface area contributed by atoms with E-state index in [4.69, 9.17) is 11.6 Å². The molecule has 0 unspecified atom stereocenters. The van der Waals surface area contributed by atoms with Gasteiger partial charge in [-0.1, -0.05) is 0 Å². The minimum Gasteiger partial charge on any atom is -0.354 e. The second kappa shape index (κ2) is 6.34. The fraction of sp³-hybridized carbons (Fsp3) is 0.600. The molecule has 0 aliphatic rings. The van der Waals surface area contributed by atoms with Crippen LogP contribution < -0.4 is 10.2 Å². The molecular formula is C10H17ClN6O. The first-order valence-electron chi connectivity index (χ1n) is 5.50. The summed E-state index contributed by atoms with van der Waals surface area (Å²) in [5.74, 6) is 0.719. The third-order valence-corrected chi connectivity index (χ3v) is 2.31. The Hall–Kier alpha value is -1.63. The highest BCUT2D eigenvalue weighted by Gasteiger charge is 2.13. The van der Waals surface area contributed by atoms with Crippen molar-refractivity contribution in [2.75, 3.05) is 44.4 Å². The normalized spacial score (nSPS) is 10.1. The summed E-state index contributed by atoms with van der Waals surface area (Å²) >= 11 is 5.80. The molecule has 0 radical (unpaired) electrons. The Morgan fingerprint density at radius 1 is 1.28 bits per heavy atom. The third kappa shape index (κ3) is 3.99. The number of likely N-dealkylation sites (N-methyl/N-ethyl adjacent to an activating group) is 2. The number of rotatable bonds is 5. The SMILES string of the molecule is CCNc1nc(Cl)nc(N(C)CC(=O)N(C)C)n1. The second-order valence-corrected chi connectivity index (χ2v) is 4.24. The van der Waals surface area contributed by atoms with E-state index in [9.17, 15) is 4.79 Å². The maximum atomic E-state index is 11.6. The molecule has 1 heterocycles. The van der Waals surface area contributed by atoms with Gasteiger partial charge >= 0.3 is 0 Å². The van der Waals surface area contributed by atoms with Crippen molar-refractivity contribution in [3.05, 3.63) is 5.28 Å². The first-order chi connectivity index (χ1) is 8.43. The number of hydrogen-bond acceptors (Lipinski definition) is 6. The fourth-order valence-corrected chi connectivity index (χ4v) is 1.32. The molecule has 7 nitrogen and oxygen atoms in total. The molecule has 100 valence electrons. The molecule has 1 rings (SSSR count). The maximum absolute atomic E-state index is 11.6. The summed E-state index contributed by atoms with van der Waals surface area (Å²) in [7, 11) is 5.12. The molecule has 18 heavy (non-hydrogen) atoms. The van der Waals surface area contributed by atoms with Gasteiger partial charge < -0.3 is 15.1 Å². The summed E-state index contributed by atoms with van der Waals surface area (Å²) in [5, 5.41) is 3.05. The summed E-state index contributed by atoms with van der Waals surface area (Å²) in [4.78, 5) is 26.8. The van der Waals surface area contributed by atoms with Crippen LogP contribution in [0, 0.1) is 0 Å². The largest absolute Gasteiger partial charge is 0.354 e. The molecule has 1 N–H and O–H groups in total. The van der Waals surface area contributed by atoms with Crippen LogP contribution in [-0.2, 0) is 4.79 Å². The number of nitrogens with one attached hydrogen (secondary N) is 1. The van der Waals surface area contributed by atoms with Crippen molar-refractivity contribution < 1.29 is 4.79 Å². The van der Waals surface area contributed by atoms with Crippen LogP contribution in [0.5, 0.6) is 0 Å². The van der Waals surface area contributed by atoms with Crippen LogP contribution in [0.1, 0.15) is 6.92 Å². The molecule has 1 aromatic rings. The number of halogens is 1. The average molecular weight is 273 g/mol. The molecule has 8 heteroatoms. The van der Waals surface area contributed by atoms with Crippen molar-refractivity contribution in [2.45, 2.75) is 6.92 Å². The minimum absolute atomic E-state index is 0.0426. The highest BCUT2D eigenvalue weighted by atomic mass is 35.5. The van der Waals surface area contributed by atoms with Gasteiger partial charge in [-0.15, -0.1) is 0 Å². The van der Waals surface area contributed by atoms with Crippen LogP contribution >= 0.6 is 11.6 Å². The Morgan fingerprint density at radius 2 is 1.94 bits per heavy atom. The van der Waals surface area contributed by atoms with Crippen LogP contribution in [0.15, 0.2) is 0 Å². The highest BCUT2D eigenvalue weighted by Crippen LogP contribution is 2.12. The van der Waals surface area contributed by atoms with E-state index in [1.54, 1.807) is 26.0 Å². The lowest BCUT2D eigenvalue weighted by Gasteiger charge is -2.19. The Balaban J connectivity index is 2.84. The van der Waals surface area contributed by atoms with E-state index in [1.807, 2.05) is 6.92 Å². The fourth-order valence-electron chi connectivity index (χ4n) is 1.16. The molecule has 0 aromatic carbocycles. The molecule has 0 saturated carbocycles. The smallest absolute Gasteiger partial charge is 0.241 e. The summed E-state index contributed by atoms with van der Waals surface area (Å²) in [6.45, 7) is 2.79. The molecule has 0 spiro atoms. The molecule has 1 aromatic heterocycles. The topological polar surface area (TPSA) is 74.2 Å². The van der Waals surface area contributed by atoms with Crippen molar-refractivity contribution in [2.24, 2.45) is 0 Å². The third-order valence-electron chi connectivity index (χ3n) is 2.14. The summed E-state index contributed by atoms with van der Waals surface area (Å²) in [5.41, 5.74) is 0. The van der Waals surface area contributed by atoms with Gasteiger partial charge in [0.25, 0.3) is 0 Å². The molecule has 0 fully saturated rings. The van der Waals surface area contributed by atoms with Gasteiger partial charge in [0.15, 0.2) is 0 Å². The molecular weight excluding hydrogens is 256 g/mol. The molecule has 1 amide bonds. The maximum Gasteiger partial charge on any atom is 0.241 e. The quantitative estimate of drug-likeness (QED) is 0.840. The predicted molar refractivity (Wildman–Crippen MR) is 71.0 cm³/mol. The van der Waals surface area contributed by atoms with Crippen LogP contribution in [0.25, 0.3) is 0 Å². The van der Waals surface area contributed by atoms with E-state index in [0.717, 1.165) is 0 Å². The Labute approximate surface area is 111 Å². The zero-order valence-corrected chi connectivity index (χ0v) is 11.7. The summed E-state index contributed by atoms with van der Waals surface area (Å²) in [6, 6.07) is 0. The van der Waals surface area contributed by atoms with Crippen LogP contribution in [-0.4, -0.2) is 60.0 Å². The number of aromatic nitrogens is 3. The Morgan fingerprint density at radius 3 is 2.50 bits per heavy atom. The van der Waals surface area contributed by atoms with E-state index in [0.29, 0.717) is 18.4 Å². The number of carbonyl (C=O) groups is 1. The number of nitrogens with zero attached hydrogens (tertiary/aromatic N) is 5. The zero-order valence-electron chi connectivity index (χ0n) is 10.9. The van der Waals surface area contributed by atoms with Crippen LogP contribution in [0.2, 0.25) is 5.28 Å². The van der Waals surface area contributed by atoms with E-state index in [1.165, 1.54) is 4.90 Å². The first kappa shape index (κ1) is 14.4. The average Bonchev–Trinajstić information content (AvgIpc) is 2.28. The molecule has 0 bridgehead atoms. The Bertz CT molecular complexity index is 425. The monoisotopic (exact) mass is 272 g/mol. The van der Waals surface area contributed by atoms with E-state index in [2.05, 4.69) is 20.3 Å². The van der Waals surface area contributed by atoms with Gasteiger partial charge in [-0.25, -0.2) is 0 Å². The molecule has 0 aliphatic heterocycles. The van der Waals surface area contributed by atoms with Gasteiger partial charge in [-0.05, 0) is 18.5 Å². The standard InChI is InChI=1S/C10H17ClN6O/c1-5-12-9-13-8(11)14-10(15-9)17(4)6-7(18)16(2)3/h5-6H2,1-4H3,(H,12,13,14,15). The number of carbonyl (C=O) groups excluding carboxylic acids is 1. The van der Waals surface area contributed by atoms with Crippen molar-refractivity contribution in [3.63, 3.8) is 0 Å². The van der Waals surface area contributed by atoms with Crippen LogP contribution in [0.4, 0.5) is 11.9 Å². The number of amides is 1. The van der Waals surface area contributed by atoms with Crippen molar-refractivity contribution >= 4 is 29.4 Å². The van der Waals surface area contributed by atoms with Gasteiger partial charge in [0.2, 0.25) is 23.1 Å². The summed E-state index contributed by atoms with van der Waals surface area (Å²) < 4.78 is 0. The second-order valence-electron chi connectivity index (χ2n) is 3.90. The molecule has 0 aliphatic carbocycles. The van der Waals surface area contributed by atoms with E-state index >= 15 is 0 Å². The Kier molecular flexibility index (Phi) is 5.08. The number of anilines is 2. The van der Waals surface area contributed by atoms with Crippen molar-refractivity contribution in [1.82, 2.24) is 19.9 Å². The van der Waals surface area contributed by atoms with Gasteiger partial charge in [0.05, 0.1) is 6.54 Å². The molecule has 0 saturated heterocycles. The lowest BCUT2D eigenvalue weighted by atomic mass is 10.5. The highest BCUT2D eigenvalue weighted by molar-refractivity contribution is 6.28. The lowest BCUT2D eigenvalue weighted by Crippen LogP contribution is -2.35. The van der Waals surface area contributed by atoms with Gasteiger partial charge in [-0.3, -0.25) is 4.79 Å². The predicted octanol–water partition coefficient (Wildman–Crippen LogP) is 0.481. The van der Waals surface area contributed by atoms with Crippen LogP contribution in [0.3, 0.4) is 0 Å². The minimum atomic E-state index is -0.0426. The van der Waals surface area contributed by atoms with Crippen molar-refractivity contribution in [3.8, 4) is 0 Å². The van der Waals surface area contributed by atoms with E-state index in [-0.39, 0.29) is 17.7 Å². The van der Waals surface area contributed by atoms with E-state index < -0.39 is 0 Å². The molecule has 0 atom stereocenters. The lowest BCUT2D eigenvalue weighted by molar-refractivity contribution is -0.127. The summed E-state index contributed by atoms with van der Waals surface area (Å²) in [6.07, 6.45) is 0.